The van der Waals surface area contributed by atoms with E-state index in [0.29, 0.717) is 6.54 Å². The molecule has 0 aliphatic carbocycles. The molecule has 29 heavy (non-hydrogen) atoms. The first-order chi connectivity index (χ1) is 14.2. The number of aryl methyl sites for hydroxylation is 2. The van der Waals surface area contributed by atoms with Crippen molar-refractivity contribution in [1.29, 1.82) is 0 Å². The van der Waals surface area contributed by atoms with Crippen LogP contribution >= 0.6 is 0 Å². The summed E-state index contributed by atoms with van der Waals surface area (Å²) in [5, 5.41) is 18.6. The minimum absolute atomic E-state index is 0.110. The van der Waals surface area contributed by atoms with Crippen LogP contribution in [0.15, 0.2) is 36.7 Å². The monoisotopic (exact) mass is 397 g/mol. The highest BCUT2D eigenvalue weighted by molar-refractivity contribution is 5.81. The van der Waals surface area contributed by atoms with Crippen molar-refractivity contribution in [1.82, 2.24) is 19.0 Å². The number of aliphatic hydroxyl groups excluding tert-OH is 2. The van der Waals surface area contributed by atoms with Gasteiger partial charge in [0.05, 0.1) is 29.9 Å². The maximum Gasteiger partial charge on any atom is 0.0724 e. The summed E-state index contributed by atoms with van der Waals surface area (Å²) in [6.07, 6.45) is 11.3. The number of nitrogens with one attached hydrogen (secondary N) is 1. The van der Waals surface area contributed by atoms with Crippen LogP contribution in [0, 0.1) is 6.20 Å². The summed E-state index contributed by atoms with van der Waals surface area (Å²) < 4.78 is 4.34. The normalized spacial score (nSPS) is 11.6. The van der Waals surface area contributed by atoms with Gasteiger partial charge in [-0.1, -0.05) is 0 Å². The number of H-pyrrole nitrogens is 1. The molecular formula is C23H33N4O2. The summed E-state index contributed by atoms with van der Waals surface area (Å²) in [5.74, 6) is 0. The molecule has 0 aliphatic rings. The second-order valence-electron chi connectivity index (χ2n) is 7.71. The molecule has 3 aromatic heterocycles. The highest BCUT2D eigenvalue weighted by Crippen LogP contribution is 2.35. The molecule has 3 heterocycles. The Labute approximate surface area is 173 Å². The van der Waals surface area contributed by atoms with Crippen molar-refractivity contribution in [3.8, 4) is 22.6 Å². The largest absolute Gasteiger partial charge is 0.396 e. The third-order valence-corrected chi connectivity index (χ3v) is 5.24. The number of nitrogens with zero attached hydrogens (tertiary/aromatic N) is 3. The Morgan fingerprint density at radius 2 is 1.66 bits per heavy atom. The quantitative estimate of drug-likeness (QED) is 0.412. The third-order valence-electron chi connectivity index (χ3n) is 5.24. The molecule has 3 N–H and O–H groups in total. The lowest BCUT2D eigenvalue weighted by atomic mass is 10.0. The summed E-state index contributed by atoms with van der Waals surface area (Å²) >= 11 is 0. The van der Waals surface area contributed by atoms with Crippen molar-refractivity contribution in [2.75, 3.05) is 33.9 Å². The molecule has 157 valence electrons. The average molecular weight is 398 g/mol. The Morgan fingerprint density at radius 3 is 2.34 bits per heavy atom. The standard InChI is InChI=1S/C23H33N4O2/c1-25(2)11-5-8-19-18-24-23(21-10-7-13-26(21)12-3-4-16-28)22(19)20-9-6-14-27(20)15-17-29/h6-7,9-10,13-14,24,28-29H,3-5,8,11-12,15-17H2,1-2H3. The van der Waals surface area contributed by atoms with Gasteiger partial charge in [0.15, 0.2) is 0 Å². The molecule has 1 radical (unpaired) electrons. The maximum atomic E-state index is 9.48. The van der Waals surface area contributed by atoms with Crippen molar-refractivity contribution in [3.63, 3.8) is 0 Å². The summed E-state index contributed by atoms with van der Waals surface area (Å²) in [7, 11) is 4.19. The SMILES string of the molecule is CN(C)CCCc1[c][nH]c(-c2cccn2CCCCO)c1-c1cccn1CCO. The molecule has 0 saturated heterocycles. The summed E-state index contributed by atoms with van der Waals surface area (Å²) in [5.41, 5.74) is 5.66. The van der Waals surface area contributed by atoms with E-state index in [-0.39, 0.29) is 13.2 Å². The molecule has 0 saturated carbocycles. The van der Waals surface area contributed by atoms with Crippen LogP contribution in [0.5, 0.6) is 0 Å². The first-order valence-electron chi connectivity index (χ1n) is 10.5. The molecule has 0 spiro atoms. The van der Waals surface area contributed by atoms with Gasteiger partial charge in [-0.3, -0.25) is 0 Å². The number of aromatic nitrogens is 3. The van der Waals surface area contributed by atoms with Crippen LogP contribution in [0.3, 0.4) is 0 Å². The van der Waals surface area contributed by atoms with Crippen molar-refractivity contribution in [2.45, 2.75) is 38.8 Å². The summed E-state index contributed by atoms with van der Waals surface area (Å²) in [6, 6.07) is 8.35. The lowest BCUT2D eigenvalue weighted by Gasteiger charge is -2.14. The minimum Gasteiger partial charge on any atom is -0.396 e. The number of aliphatic hydroxyl groups is 2. The van der Waals surface area contributed by atoms with Crippen LogP contribution in [-0.2, 0) is 19.5 Å². The van der Waals surface area contributed by atoms with Crippen molar-refractivity contribution >= 4 is 0 Å². The highest BCUT2D eigenvalue weighted by atomic mass is 16.3. The zero-order chi connectivity index (χ0) is 20.6. The van der Waals surface area contributed by atoms with E-state index in [4.69, 9.17) is 5.11 Å². The summed E-state index contributed by atoms with van der Waals surface area (Å²) in [6.45, 7) is 2.81. The molecule has 0 aromatic carbocycles. The minimum atomic E-state index is 0.110. The molecule has 3 rings (SSSR count). The van der Waals surface area contributed by atoms with E-state index in [2.05, 4.69) is 63.7 Å². The Kier molecular flexibility index (Phi) is 7.75. The van der Waals surface area contributed by atoms with Crippen molar-refractivity contribution in [2.24, 2.45) is 0 Å². The number of unbranched alkanes of at least 4 members (excludes halogenated alkanes) is 1. The van der Waals surface area contributed by atoms with E-state index >= 15 is 0 Å². The van der Waals surface area contributed by atoms with Crippen LogP contribution in [0.2, 0.25) is 0 Å². The van der Waals surface area contributed by atoms with E-state index in [1.165, 1.54) is 11.1 Å². The first-order valence-corrected chi connectivity index (χ1v) is 10.5. The second-order valence-corrected chi connectivity index (χ2v) is 7.71. The van der Waals surface area contributed by atoms with Crippen molar-refractivity contribution in [3.05, 3.63) is 48.4 Å². The second kappa shape index (κ2) is 10.5. The van der Waals surface area contributed by atoms with E-state index in [9.17, 15) is 5.11 Å². The predicted molar refractivity (Wildman–Crippen MR) is 117 cm³/mol. The van der Waals surface area contributed by atoms with E-state index in [1.54, 1.807) is 0 Å². The molecule has 3 aromatic rings. The van der Waals surface area contributed by atoms with Gasteiger partial charge in [-0.05, 0) is 76.2 Å². The Bertz CT molecular complexity index is 875. The molecule has 0 unspecified atom stereocenters. The van der Waals surface area contributed by atoms with E-state index < -0.39 is 0 Å². The van der Waals surface area contributed by atoms with Gasteiger partial charge in [0.2, 0.25) is 0 Å². The Morgan fingerprint density at radius 1 is 0.931 bits per heavy atom. The lowest BCUT2D eigenvalue weighted by Crippen LogP contribution is -2.13. The fourth-order valence-corrected chi connectivity index (χ4v) is 3.82. The highest BCUT2D eigenvalue weighted by Gasteiger charge is 2.20. The molecule has 0 fully saturated rings. The van der Waals surface area contributed by atoms with Gasteiger partial charge in [0, 0.05) is 37.7 Å². The number of aromatic amines is 1. The van der Waals surface area contributed by atoms with Gasteiger partial charge in [-0.25, -0.2) is 0 Å². The lowest BCUT2D eigenvalue weighted by molar-refractivity contribution is 0.277. The van der Waals surface area contributed by atoms with Gasteiger partial charge in [0.1, 0.15) is 0 Å². The predicted octanol–water partition coefficient (Wildman–Crippen LogP) is 3.01. The maximum absolute atomic E-state index is 9.48. The first kappa shape index (κ1) is 21.4. The smallest absolute Gasteiger partial charge is 0.0724 e. The van der Waals surface area contributed by atoms with Crippen LogP contribution < -0.4 is 0 Å². The Balaban J connectivity index is 1.98. The molecule has 0 amide bonds. The molecule has 0 aliphatic heterocycles. The molecule has 0 atom stereocenters. The fourth-order valence-electron chi connectivity index (χ4n) is 3.82. The van der Waals surface area contributed by atoms with Crippen LogP contribution in [0.25, 0.3) is 22.6 Å². The van der Waals surface area contributed by atoms with Gasteiger partial charge >= 0.3 is 0 Å². The third kappa shape index (κ3) is 5.21. The molecule has 6 nitrogen and oxygen atoms in total. The number of hydrogen-bond donors (Lipinski definition) is 3. The summed E-state index contributed by atoms with van der Waals surface area (Å²) in [4.78, 5) is 5.62. The topological polar surface area (TPSA) is 69.3 Å². The number of hydrogen-bond acceptors (Lipinski definition) is 3. The van der Waals surface area contributed by atoms with Gasteiger partial charge < -0.3 is 29.2 Å². The van der Waals surface area contributed by atoms with Crippen LogP contribution in [-0.4, -0.2) is 63.1 Å². The van der Waals surface area contributed by atoms with Crippen LogP contribution in [0.4, 0.5) is 0 Å². The molecule has 0 bridgehead atoms. The molecular weight excluding hydrogens is 364 g/mol. The average Bonchev–Trinajstić information content (AvgIpc) is 3.41. The van der Waals surface area contributed by atoms with Gasteiger partial charge in [0.25, 0.3) is 0 Å². The Hall–Kier alpha value is -2.28. The van der Waals surface area contributed by atoms with Gasteiger partial charge in [-0.15, -0.1) is 0 Å². The molecule has 6 heteroatoms. The van der Waals surface area contributed by atoms with E-state index in [1.807, 2.05) is 12.3 Å². The number of rotatable bonds is 12. The van der Waals surface area contributed by atoms with Crippen molar-refractivity contribution < 1.29 is 10.2 Å². The zero-order valence-corrected chi connectivity index (χ0v) is 17.6. The van der Waals surface area contributed by atoms with Crippen LogP contribution in [0.1, 0.15) is 24.8 Å². The zero-order valence-electron chi connectivity index (χ0n) is 17.6. The fraction of sp³-hybridized carbons (Fsp3) is 0.478. The van der Waals surface area contributed by atoms with E-state index in [0.717, 1.165) is 55.9 Å². The van der Waals surface area contributed by atoms with Gasteiger partial charge in [-0.2, -0.15) is 0 Å².